The third-order valence-electron chi connectivity index (χ3n) is 4.84. The van der Waals surface area contributed by atoms with Crippen molar-refractivity contribution < 1.29 is 10.0 Å². The van der Waals surface area contributed by atoms with E-state index in [1.54, 1.807) is 0 Å². The molecule has 0 saturated carbocycles. The predicted molar refractivity (Wildman–Crippen MR) is 101 cm³/mol. The number of rotatable bonds is 8. The Morgan fingerprint density at radius 2 is 2.00 bits per heavy atom. The Hall–Kier alpha value is -1.42. The summed E-state index contributed by atoms with van der Waals surface area (Å²) in [6.45, 7) is 7.03. The van der Waals surface area contributed by atoms with E-state index in [0.717, 1.165) is 6.42 Å². The van der Waals surface area contributed by atoms with Gasteiger partial charge in [-0.05, 0) is 39.4 Å². The predicted octanol–water partition coefficient (Wildman–Crippen LogP) is -1.16. The second-order valence-electron chi connectivity index (χ2n) is 8.22. The molecule has 1 aromatic rings. The number of nitrogens with one attached hydrogen (secondary N) is 1. The second kappa shape index (κ2) is 7.07. The minimum absolute atomic E-state index is 0.106. The molecule has 7 N–H and O–H groups in total. The maximum absolute atomic E-state index is 12.1. The van der Waals surface area contributed by atoms with Crippen LogP contribution in [0.3, 0.4) is 0 Å². The summed E-state index contributed by atoms with van der Waals surface area (Å²) in [6.07, 6.45) is 1.67. The van der Waals surface area contributed by atoms with Crippen molar-refractivity contribution in [3.05, 3.63) is 20.4 Å². The molecule has 8 nitrogen and oxygen atoms in total. The van der Waals surface area contributed by atoms with E-state index >= 15 is 0 Å². The van der Waals surface area contributed by atoms with E-state index in [9.17, 15) is 9.59 Å². The molecule has 1 fully saturated rings. The summed E-state index contributed by atoms with van der Waals surface area (Å²) in [5.41, 5.74) is 11.0. The number of hydrogen-bond donors (Lipinski definition) is 5. The van der Waals surface area contributed by atoms with Gasteiger partial charge in [0.1, 0.15) is 11.4 Å². The minimum atomic E-state index is -1.31. The largest absolute Gasteiger partial charge is 0.451 e. The van der Waals surface area contributed by atoms with Crippen LogP contribution in [-0.4, -0.2) is 47.9 Å². The van der Waals surface area contributed by atoms with Crippen LogP contribution in [0.5, 0.6) is 0 Å². The van der Waals surface area contributed by atoms with Crippen LogP contribution in [0.2, 0.25) is 6.32 Å². The zero-order chi connectivity index (χ0) is 19.0. The van der Waals surface area contributed by atoms with Crippen molar-refractivity contribution in [1.29, 1.82) is 0 Å². The second-order valence-corrected chi connectivity index (χ2v) is 8.22. The average Bonchev–Trinajstić information content (AvgIpc) is 2.75. The summed E-state index contributed by atoms with van der Waals surface area (Å²) in [5.74, 6) is 0.106. The monoisotopic (exact) mass is 352 g/mol. The molecule has 1 saturated heterocycles. The molecule has 9 heteroatoms. The van der Waals surface area contributed by atoms with E-state index in [2.05, 4.69) is 5.32 Å². The summed E-state index contributed by atoms with van der Waals surface area (Å²) >= 11 is 0. The molecule has 0 radical (unpaired) electrons. The van der Waals surface area contributed by atoms with Crippen LogP contribution in [0, 0.1) is 5.92 Å². The smallest absolute Gasteiger partial charge is 0.427 e. The van der Waals surface area contributed by atoms with Gasteiger partial charge in [-0.15, -0.1) is 0 Å². The molecule has 0 amide bonds. The molecule has 1 heterocycles. The molecule has 2 atom stereocenters. The Labute approximate surface area is 148 Å². The highest BCUT2D eigenvalue weighted by Crippen LogP contribution is 2.34. The first-order chi connectivity index (χ1) is 11.4. The van der Waals surface area contributed by atoms with E-state index in [1.165, 1.54) is 0 Å². The normalized spacial score (nSPS) is 24.1. The van der Waals surface area contributed by atoms with E-state index in [4.69, 9.17) is 21.5 Å². The van der Waals surface area contributed by atoms with Crippen LogP contribution in [-0.2, 0) is 0 Å². The maximum atomic E-state index is 12.1. The Morgan fingerprint density at radius 3 is 2.56 bits per heavy atom. The molecule has 0 aromatic heterocycles. The molecule has 0 bridgehead atoms. The van der Waals surface area contributed by atoms with Crippen LogP contribution < -0.4 is 32.5 Å². The Balaban J connectivity index is 2.09. The summed E-state index contributed by atoms with van der Waals surface area (Å²) in [5, 5.41) is 20.9. The Morgan fingerprint density at radius 1 is 1.36 bits per heavy atom. The highest BCUT2D eigenvalue weighted by atomic mass is 16.4. The Kier molecular flexibility index (Phi) is 5.63. The summed E-state index contributed by atoms with van der Waals surface area (Å²) in [4.78, 5) is 25.9. The standard InChI is InChI=1S/C16H29BN4O4/c1-15(2,18)8-20-11-12(14(23)13(11)22)21-7-10(16(3,19)9-21)5-4-6-17(24)25/h10,20,24-25H,4-9,18-19H2,1-3H3/t10-,16-/m0/s1. The molecule has 0 aliphatic carbocycles. The van der Waals surface area contributed by atoms with Gasteiger partial charge in [0.05, 0.1) is 0 Å². The SMILES string of the molecule is CC(C)(N)CNc1c(N2C[C@H](CCCB(O)O)[C@@](C)(N)C2)c(=O)c1=O. The number of nitrogens with zero attached hydrogens (tertiary/aromatic N) is 1. The molecule has 0 spiro atoms. The van der Waals surface area contributed by atoms with Gasteiger partial charge in [0.2, 0.25) is 0 Å². The van der Waals surface area contributed by atoms with Gasteiger partial charge in [-0.1, -0.05) is 6.42 Å². The van der Waals surface area contributed by atoms with Gasteiger partial charge in [0.15, 0.2) is 0 Å². The van der Waals surface area contributed by atoms with Crippen LogP contribution in [0.1, 0.15) is 33.6 Å². The fourth-order valence-electron chi connectivity index (χ4n) is 3.38. The number of anilines is 2. The van der Waals surface area contributed by atoms with Crippen molar-refractivity contribution >= 4 is 18.5 Å². The third-order valence-corrected chi connectivity index (χ3v) is 4.84. The topological polar surface area (TPSA) is 142 Å². The molecule has 140 valence electrons. The van der Waals surface area contributed by atoms with Gasteiger partial charge in [0.25, 0.3) is 10.9 Å². The van der Waals surface area contributed by atoms with Gasteiger partial charge in [-0.3, -0.25) is 9.59 Å². The van der Waals surface area contributed by atoms with Crippen molar-refractivity contribution in [1.82, 2.24) is 0 Å². The van der Waals surface area contributed by atoms with Crippen molar-refractivity contribution in [3.63, 3.8) is 0 Å². The molecule has 1 aliphatic heterocycles. The lowest BCUT2D eigenvalue weighted by molar-refractivity contribution is 0.343. The summed E-state index contributed by atoms with van der Waals surface area (Å²) in [6, 6.07) is 0. The fraction of sp³-hybridized carbons (Fsp3) is 0.750. The van der Waals surface area contributed by atoms with Crippen molar-refractivity contribution in [2.24, 2.45) is 17.4 Å². The molecule has 1 aromatic carbocycles. The van der Waals surface area contributed by atoms with E-state index in [0.29, 0.717) is 43.8 Å². The van der Waals surface area contributed by atoms with E-state index in [1.807, 2.05) is 25.7 Å². The van der Waals surface area contributed by atoms with Crippen LogP contribution in [0.25, 0.3) is 0 Å². The van der Waals surface area contributed by atoms with Crippen LogP contribution in [0.15, 0.2) is 9.59 Å². The molecular formula is C16H29BN4O4. The first-order valence-electron chi connectivity index (χ1n) is 8.68. The zero-order valence-electron chi connectivity index (χ0n) is 15.2. The van der Waals surface area contributed by atoms with E-state index in [-0.39, 0.29) is 5.92 Å². The van der Waals surface area contributed by atoms with Crippen LogP contribution >= 0.6 is 0 Å². The Bertz CT molecular complexity index is 676. The minimum Gasteiger partial charge on any atom is -0.427 e. The van der Waals surface area contributed by atoms with Crippen molar-refractivity contribution in [2.45, 2.75) is 51.0 Å². The van der Waals surface area contributed by atoms with E-state index < -0.39 is 29.1 Å². The van der Waals surface area contributed by atoms with Gasteiger partial charge >= 0.3 is 7.12 Å². The lowest BCUT2D eigenvalue weighted by Crippen LogP contribution is -2.48. The van der Waals surface area contributed by atoms with Gasteiger partial charge < -0.3 is 31.7 Å². The van der Waals surface area contributed by atoms with Gasteiger partial charge in [-0.25, -0.2) is 0 Å². The fourth-order valence-corrected chi connectivity index (χ4v) is 3.38. The lowest BCUT2D eigenvalue weighted by atomic mass is 9.79. The number of hydrogen-bond acceptors (Lipinski definition) is 8. The first kappa shape index (κ1) is 19.9. The molecule has 0 unspecified atom stereocenters. The van der Waals surface area contributed by atoms with Gasteiger partial charge in [0, 0.05) is 30.7 Å². The quantitative estimate of drug-likeness (QED) is 0.291. The highest BCUT2D eigenvalue weighted by molar-refractivity contribution is 6.40. The van der Waals surface area contributed by atoms with Crippen LogP contribution in [0.4, 0.5) is 11.4 Å². The van der Waals surface area contributed by atoms with Gasteiger partial charge in [-0.2, -0.15) is 0 Å². The average molecular weight is 352 g/mol. The van der Waals surface area contributed by atoms with Crippen molar-refractivity contribution in [3.8, 4) is 0 Å². The molecular weight excluding hydrogens is 323 g/mol. The number of nitrogens with two attached hydrogens (primary N) is 2. The maximum Gasteiger partial charge on any atom is 0.451 e. The highest BCUT2D eigenvalue weighted by Gasteiger charge is 2.42. The summed E-state index contributed by atoms with van der Waals surface area (Å²) < 4.78 is 0. The zero-order valence-corrected chi connectivity index (χ0v) is 15.2. The third kappa shape index (κ3) is 4.61. The molecule has 2 rings (SSSR count). The summed E-state index contributed by atoms with van der Waals surface area (Å²) in [7, 11) is -1.31. The van der Waals surface area contributed by atoms with Crippen molar-refractivity contribution in [2.75, 3.05) is 29.9 Å². The lowest BCUT2D eigenvalue weighted by Gasteiger charge is -2.27. The molecule has 25 heavy (non-hydrogen) atoms. The first-order valence-corrected chi connectivity index (χ1v) is 8.68. The molecule has 1 aliphatic rings.